The van der Waals surface area contributed by atoms with E-state index < -0.39 is 10.0 Å². The smallest absolute Gasteiger partial charge is 0.261 e. The lowest BCUT2D eigenvalue weighted by Gasteiger charge is -2.33. The van der Waals surface area contributed by atoms with E-state index in [0.717, 1.165) is 31.6 Å². The lowest BCUT2D eigenvalue weighted by atomic mass is 9.98. The van der Waals surface area contributed by atoms with Crippen molar-refractivity contribution in [1.82, 2.24) is 5.32 Å². The number of methoxy groups -OCH3 is 1. The molecule has 0 unspecified atom stereocenters. The molecule has 0 atom stereocenters. The molecule has 1 fully saturated rings. The van der Waals surface area contributed by atoms with Crippen LogP contribution >= 0.6 is 0 Å². The number of carbonyl (C=O) groups is 1. The number of amides is 1. The fourth-order valence-corrected chi connectivity index (χ4v) is 4.72. The Labute approximate surface area is 191 Å². The van der Waals surface area contributed by atoms with Crippen LogP contribution in [0.15, 0.2) is 47.4 Å². The molecule has 32 heavy (non-hydrogen) atoms. The SMILES string of the molecule is COc1ccc(S(=O)(=O)Nc2ccc(N3CCC(C)CC3)c(C(=O)NCC(C)C)c2)cc1. The van der Waals surface area contributed by atoms with Gasteiger partial charge in [0.05, 0.1) is 17.6 Å². The van der Waals surface area contributed by atoms with Crippen molar-refractivity contribution >= 4 is 27.3 Å². The van der Waals surface area contributed by atoms with Crippen LogP contribution in [-0.4, -0.2) is 41.1 Å². The highest BCUT2D eigenvalue weighted by Gasteiger charge is 2.23. The van der Waals surface area contributed by atoms with Crippen molar-refractivity contribution in [3.05, 3.63) is 48.0 Å². The van der Waals surface area contributed by atoms with Crippen LogP contribution in [-0.2, 0) is 10.0 Å². The molecule has 1 amide bonds. The van der Waals surface area contributed by atoms with Gasteiger partial charge in [-0.05, 0) is 67.1 Å². The van der Waals surface area contributed by atoms with Gasteiger partial charge >= 0.3 is 0 Å². The summed E-state index contributed by atoms with van der Waals surface area (Å²) in [6, 6.07) is 11.4. The van der Waals surface area contributed by atoms with Gasteiger partial charge in [0.15, 0.2) is 0 Å². The summed E-state index contributed by atoms with van der Waals surface area (Å²) in [5, 5.41) is 2.96. The fourth-order valence-electron chi connectivity index (χ4n) is 3.67. The number of piperidine rings is 1. The summed E-state index contributed by atoms with van der Waals surface area (Å²) in [4.78, 5) is 15.3. The van der Waals surface area contributed by atoms with Crippen LogP contribution in [0.5, 0.6) is 5.75 Å². The van der Waals surface area contributed by atoms with Gasteiger partial charge in [-0.3, -0.25) is 9.52 Å². The largest absolute Gasteiger partial charge is 0.497 e. The lowest BCUT2D eigenvalue weighted by molar-refractivity contribution is 0.0949. The Balaban J connectivity index is 1.89. The van der Waals surface area contributed by atoms with Gasteiger partial charge in [0.1, 0.15) is 5.75 Å². The topological polar surface area (TPSA) is 87.7 Å². The second kappa shape index (κ2) is 10.3. The summed E-state index contributed by atoms with van der Waals surface area (Å²) < 4.78 is 33.4. The van der Waals surface area contributed by atoms with E-state index in [4.69, 9.17) is 4.74 Å². The number of sulfonamides is 1. The zero-order chi connectivity index (χ0) is 23.3. The summed E-state index contributed by atoms with van der Waals surface area (Å²) in [6.45, 7) is 8.62. The molecule has 0 bridgehead atoms. The van der Waals surface area contributed by atoms with Gasteiger partial charge in [-0.1, -0.05) is 20.8 Å². The summed E-state index contributed by atoms with van der Waals surface area (Å²) in [5.41, 5.74) is 1.67. The number of hydrogen-bond acceptors (Lipinski definition) is 5. The molecular formula is C24H33N3O4S. The van der Waals surface area contributed by atoms with Crippen LogP contribution in [0, 0.1) is 11.8 Å². The van der Waals surface area contributed by atoms with Gasteiger partial charge in [0.25, 0.3) is 15.9 Å². The minimum atomic E-state index is -3.80. The van der Waals surface area contributed by atoms with Crippen LogP contribution in [0.3, 0.4) is 0 Å². The van der Waals surface area contributed by atoms with Crippen LogP contribution in [0.2, 0.25) is 0 Å². The molecule has 0 saturated carbocycles. The average molecular weight is 460 g/mol. The zero-order valence-electron chi connectivity index (χ0n) is 19.2. The molecule has 2 N–H and O–H groups in total. The molecule has 1 saturated heterocycles. The monoisotopic (exact) mass is 459 g/mol. The highest BCUT2D eigenvalue weighted by atomic mass is 32.2. The van der Waals surface area contributed by atoms with Gasteiger partial charge in [0.2, 0.25) is 0 Å². The van der Waals surface area contributed by atoms with E-state index in [1.165, 1.54) is 19.2 Å². The summed E-state index contributed by atoms with van der Waals surface area (Å²) >= 11 is 0. The van der Waals surface area contributed by atoms with Crippen LogP contribution < -0.4 is 19.7 Å². The van der Waals surface area contributed by atoms with E-state index in [1.807, 2.05) is 19.9 Å². The van der Waals surface area contributed by atoms with Crippen LogP contribution in [0.25, 0.3) is 0 Å². The number of anilines is 2. The molecule has 7 nitrogen and oxygen atoms in total. The lowest BCUT2D eigenvalue weighted by Crippen LogP contribution is -2.35. The maximum absolute atomic E-state index is 13.0. The third-order valence-corrected chi connectivity index (χ3v) is 7.06. The third-order valence-electron chi connectivity index (χ3n) is 5.66. The first-order valence-electron chi connectivity index (χ1n) is 11.0. The van der Waals surface area contributed by atoms with E-state index in [1.54, 1.807) is 24.3 Å². The van der Waals surface area contributed by atoms with E-state index in [-0.39, 0.29) is 10.8 Å². The van der Waals surface area contributed by atoms with Crippen LogP contribution in [0.1, 0.15) is 44.0 Å². The molecule has 0 radical (unpaired) electrons. The number of nitrogens with one attached hydrogen (secondary N) is 2. The number of carbonyl (C=O) groups excluding carboxylic acids is 1. The molecule has 1 heterocycles. The molecule has 1 aliphatic heterocycles. The Hall–Kier alpha value is -2.74. The molecule has 0 spiro atoms. The van der Waals surface area contributed by atoms with Gasteiger partial charge < -0.3 is 15.0 Å². The third kappa shape index (κ3) is 5.94. The fraction of sp³-hybridized carbons (Fsp3) is 0.458. The van der Waals surface area contributed by atoms with E-state index in [0.29, 0.717) is 35.4 Å². The van der Waals surface area contributed by atoms with Crippen molar-refractivity contribution in [3.8, 4) is 5.75 Å². The van der Waals surface area contributed by atoms with Crippen molar-refractivity contribution in [2.45, 2.75) is 38.5 Å². The Bertz CT molecular complexity index is 1030. The molecule has 8 heteroatoms. The van der Waals surface area contributed by atoms with E-state index in [9.17, 15) is 13.2 Å². The van der Waals surface area contributed by atoms with Gasteiger partial charge in [-0.15, -0.1) is 0 Å². The van der Waals surface area contributed by atoms with Gasteiger partial charge in [-0.25, -0.2) is 8.42 Å². The second-order valence-electron chi connectivity index (χ2n) is 8.79. The van der Waals surface area contributed by atoms with Crippen molar-refractivity contribution in [3.63, 3.8) is 0 Å². The number of nitrogens with zero attached hydrogens (tertiary/aromatic N) is 1. The van der Waals surface area contributed by atoms with Crippen LogP contribution in [0.4, 0.5) is 11.4 Å². The zero-order valence-corrected chi connectivity index (χ0v) is 20.0. The molecule has 0 aromatic heterocycles. The number of hydrogen-bond donors (Lipinski definition) is 2. The minimum Gasteiger partial charge on any atom is -0.497 e. The first-order valence-corrected chi connectivity index (χ1v) is 12.5. The van der Waals surface area contributed by atoms with Crippen molar-refractivity contribution in [1.29, 1.82) is 0 Å². The first kappa shape index (κ1) is 23.9. The Morgan fingerprint density at radius 3 is 2.38 bits per heavy atom. The average Bonchev–Trinajstić information content (AvgIpc) is 2.78. The van der Waals surface area contributed by atoms with Gasteiger partial charge in [-0.2, -0.15) is 0 Å². The highest BCUT2D eigenvalue weighted by molar-refractivity contribution is 7.92. The predicted octanol–water partition coefficient (Wildman–Crippen LogP) is 4.12. The number of ether oxygens (including phenoxy) is 1. The normalized spacial score (nSPS) is 15.0. The maximum Gasteiger partial charge on any atom is 0.261 e. The quantitative estimate of drug-likeness (QED) is 0.620. The highest BCUT2D eigenvalue weighted by Crippen LogP contribution is 2.30. The number of benzene rings is 2. The Kier molecular flexibility index (Phi) is 7.66. The molecule has 2 aromatic rings. The predicted molar refractivity (Wildman–Crippen MR) is 128 cm³/mol. The van der Waals surface area contributed by atoms with Crippen molar-refractivity contribution in [2.75, 3.05) is 36.4 Å². The molecule has 3 rings (SSSR count). The molecule has 0 aliphatic carbocycles. The molecule has 174 valence electrons. The van der Waals surface area contributed by atoms with Crippen molar-refractivity contribution < 1.29 is 17.9 Å². The maximum atomic E-state index is 13.0. The Morgan fingerprint density at radius 2 is 1.78 bits per heavy atom. The summed E-state index contributed by atoms with van der Waals surface area (Å²) in [6.07, 6.45) is 2.14. The summed E-state index contributed by atoms with van der Waals surface area (Å²) in [5.74, 6) is 1.36. The standard InChI is InChI=1S/C24H33N3O4S/c1-17(2)16-25-24(28)22-15-19(5-10-23(22)27-13-11-18(3)12-14-27)26-32(29,30)21-8-6-20(31-4)7-9-21/h5-10,15,17-18,26H,11-14,16H2,1-4H3,(H,25,28). The Morgan fingerprint density at radius 1 is 1.12 bits per heavy atom. The minimum absolute atomic E-state index is 0.123. The second-order valence-corrected chi connectivity index (χ2v) is 10.5. The summed E-state index contributed by atoms with van der Waals surface area (Å²) in [7, 11) is -2.28. The molecule has 1 aliphatic rings. The first-order chi connectivity index (χ1) is 15.2. The van der Waals surface area contributed by atoms with E-state index >= 15 is 0 Å². The van der Waals surface area contributed by atoms with E-state index in [2.05, 4.69) is 21.9 Å². The molecule has 2 aromatic carbocycles. The van der Waals surface area contributed by atoms with Crippen molar-refractivity contribution in [2.24, 2.45) is 11.8 Å². The number of rotatable bonds is 8. The van der Waals surface area contributed by atoms with Gasteiger partial charge in [0, 0.05) is 31.0 Å². The molecular weight excluding hydrogens is 426 g/mol.